The standard InChI is InChI=1S/C12H21N3O.C10H14/c1-8-5-4-6-15(8)7-11-10(3)16-12(14-11)9(2)13;1-2-3-7-10-8-5-4-6-9-10/h8-9H,4-7,13H2,1-3H3;4-6,8-9H,2-3,7H2,1H3. The maximum atomic E-state index is 5.76. The number of aryl methyl sites for hydroxylation is 2. The first-order valence-electron chi connectivity index (χ1n) is 10.0. The molecular weight excluding hydrogens is 322 g/mol. The van der Waals surface area contributed by atoms with Crippen molar-refractivity contribution < 1.29 is 4.42 Å². The SMILES string of the molecule is CCCCc1ccccc1.Cc1oc(C(C)N)nc1CN1CCCC1C. The molecule has 2 aromatic rings. The maximum Gasteiger partial charge on any atom is 0.211 e. The van der Waals surface area contributed by atoms with Gasteiger partial charge in [-0.2, -0.15) is 0 Å². The third-order valence-electron chi connectivity index (χ3n) is 5.00. The molecule has 0 amide bonds. The maximum absolute atomic E-state index is 5.76. The number of likely N-dealkylation sites (tertiary alicyclic amines) is 1. The van der Waals surface area contributed by atoms with Crippen LogP contribution < -0.4 is 5.73 Å². The van der Waals surface area contributed by atoms with E-state index >= 15 is 0 Å². The molecule has 144 valence electrons. The Morgan fingerprint density at radius 1 is 1.31 bits per heavy atom. The van der Waals surface area contributed by atoms with Gasteiger partial charge in [0.05, 0.1) is 11.7 Å². The van der Waals surface area contributed by atoms with Crippen molar-refractivity contribution in [2.75, 3.05) is 6.54 Å². The minimum Gasteiger partial charge on any atom is -0.444 e. The zero-order chi connectivity index (χ0) is 18.9. The fourth-order valence-electron chi connectivity index (χ4n) is 3.24. The van der Waals surface area contributed by atoms with Gasteiger partial charge in [0.2, 0.25) is 5.89 Å². The highest BCUT2D eigenvalue weighted by Gasteiger charge is 2.23. The molecule has 0 radical (unpaired) electrons. The topological polar surface area (TPSA) is 55.3 Å². The van der Waals surface area contributed by atoms with E-state index in [1.807, 2.05) is 13.8 Å². The van der Waals surface area contributed by atoms with E-state index in [0.717, 1.165) is 18.0 Å². The molecule has 26 heavy (non-hydrogen) atoms. The van der Waals surface area contributed by atoms with Crippen LogP contribution in [0.1, 0.15) is 75.4 Å². The monoisotopic (exact) mass is 357 g/mol. The summed E-state index contributed by atoms with van der Waals surface area (Å²) < 4.78 is 5.56. The largest absolute Gasteiger partial charge is 0.444 e. The predicted molar refractivity (Wildman–Crippen MR) is 108 cm³/mol. The first-order valence-corrected chi connectivity index (χ1v) is 10.0. The number of hydrogen-bond donors (Lipinski definition) is 1. The van der Waals surface area contributed by atoms with Crippen LogP contribution in [0.4, 0.5) is 0 Å². The number of nitrogens with two attached hydrogens (primary N) is 1. The molecule has 2 heterocycles. The number of benzene rings is 1. The summed E-state index contributed by atoms with van der Waals surface area (Å²) in [5, 5.41) is 0. The van der Waals surface area contributed by atoms with Crippen LogP contribution in [-0.4, -0.2) is 22.5 Å². The van der Waals surface area contributed by atoms with Gasteiger partial charge in [0.1, 0.15) is 5.76 Å². The molecule has 1 saturated heterocycles. The molecule has 0 bridgehead atoms. The highest BCUT2D eigenvalue weighted by Crippen LogP contribution is 2.22. The highest BCUT2D eigenvalue weighted by molar-refractivity contribution is 5.14. The van der Waals surface area contributed by atoms with Gasteiger partial charge in [-0.05, 0) is 58.6 Å². The fourth-order valence-corrected chi connectivity index (χ4v) is 3.24. The third-order valence-corrected chi connectivity index (χ3v) is 5.00. The Morgan fingerprint density at radius 3 is 2.58 bits per heavy atom. The summed E-state index contributed by atoms with van der Waals surface area (Å²) in [4.78, 5) is 6.93. The van der Waals surface area contributed by atoms with Crippen molar-refractivity contribution in [2.45, 2.75) is 78.4 Å². The van der Waals surface area contributed by atoms with Gasteiger partial charge >= 0.3 is 0 Å². The van der Waals surface area contributed by atoms with Crippen LogP contribution in [0.15, 0.2) is 34.7 Å². The lowest BCUT2D eigenvalue weighted by Crippen LogP contribution is -2.26. The molecule has 3 rings (SSSR count). The first kappa shape index (κ1) is 20.7. The highest BCUT2D eigenvalue weighted by atomic mass is 16.4. The summed E-state index contributed by atoms with van der Waals surface area (Å²) >= 11 is 0. The summed E-state index contributed by atoms with van der Waals surface area (Å²) in [7, 11) is 0. The van der Waals surface area contributed by atoms with Crippen molar-refractivity contribution in [3.8, 4) is 0 Å². The molecule has 4 heteroatoms. The second kappa shape index (κ2) is 10.5. The summed E-state index contributed by atoms with van der Waals surface area (Å²) in [5.41, 5.74) is 8.27. The second-order valence-corrected chi connectivity index (χ2v) is 7.39. The van der Waals surface area contributed by atoms with Crippen LogP contribution in [0, 0.1) is 6.92 Å². The lowest BCUT2D eigenvalue weighted by atomic mass is 10.1. The van der Waals surface area contributed by atoms with E-state index < -0.39 is 0 Å². The summed E-state index contributed by atoms with van der Waals surface area (Å²) in [5.74, 6) is 1.56. The molecule has 2 N–H and O–H groups in total. The molecule has 4 nitrogen and oxygen atoms in total. The summed E-state index contributed by atoms with van der Waals surface area (Å²) in [6.07, 6.45) is 6.41. The van der Waals surface area contributed by atoms with Crippen molar-refractivity contribution in [3.05, 3.63) is 53.2 Å². The van der Waals surface area contributed by atoms with Crippen molar-refractivity contribution >= 4 is 0 Å². The van der Waals surface area contributed by atoms with Crippen LogP contribution in [0.25, 0.3) is 0 Å². The van der Waals surface area contributed by atoms with Crippen LogP contribution in [0.3, 0.4) is 0 Å². The van der Waals surface area contributed by atoms with Crippen LogP contribution in [0.2, 0.25) is 0 Å². The van der Waals surface area contributed by atoms with Crippen molar-refractivity contribution in [2.24, 2.45) is 5.73 Å². The quantitative estimate of drug-likeness (QED) is 0.789. The lowest BCUT2D eigenvalue weighted by Gasteiger charge is -2.19. The third kappa shape index (κ3) is 6.26. The van der Waals surface area contributed by atoms with Crippen LogP contribution in [-0.2, 0) is 13.0 Å². The zero-order valence-corrected chi connectivity index (χ0v) is 16.9. The number of rotatable bonds is 6. The van der Waals surface area contributed by atoms with E-state index in [-0.39, 0.29) is 6.04 Å². The molecular formula is C22H35N3O. The van der Waals surface area contributed by atoms with Gasteiger partial charge in [0.25, 0.3) is 0 Å². The van der Waals surface area contributed by atoms with Gasteiger partial charge in [-0.15, -0.1) is 0 Å². The Morgan fingerprint density at radius 2 is 2.04 bits per heavy atom. The number of aromatic nitrogens is 1. The molecule has 0 aliphatic carbocycles. The minimum absolute atomic E-state index is 0.122. The van der Waals surface area contributed by atoms with Gasteiger partial charge in [0.15, 0.2) is 0 Å². The van der Waals surface area contributed by atoms with E-state index in [0.29, 0.717) is 11.9 Å². The van der Waals surface area contributed by atoms with Gasteiger partial charge in [-0.1, -0.05) is 43.7 Å². The molecule has 2 unspecified atom stereocenters. The second-order valence-electron chi connectivity index (χ2n) is 7.39. The van der Waals surface area contributed by atoms with Crippen LogP contribution >= 0.6 is 0 Å². The Kier molecular flexibility index (Phi) is 8.33. The summed E-state index contributed by atoms with van der Waals surface area (Å²) in [6, 6.07) is 11.2. The Balaban J connectivity index is 0.000000209. The molecule has 0 spiro atoms. The number of hydrogen-bond acceptors (Lipinski definition) is 4. The molecule has 2 atom stereocenters. The van der Waals surface area contributed by atoms with Gasteiger partial charge < -0.3 is 10.2 Å². The zero-order valence-electron chi connectivity index (χ0n) is 16.9. The van der Waals surface area contributed by atoms with Crippen LogP contribution in [0.5, 0.6) is 0 Å². The smallest absolute Gasteiger partial charge is 0.211 e. The molecule has 0 saturated carbocycles. The Hall–Kier alpha value is -1.65. The molecule has 1 aromatic heterocycles. The normalized spacial score (nSPS) is 18.4. The Bertz CT molecular complexity index is 636. The summed E-state index contributed by atoms with van der Waals surface area (Å²) in [6.45, 7) is 10.4. The van der Waals surface area contributed by atoms with E-state index in [4.69, 9.17) is 10.2 Å². The molecule has 1 aliphatic rings. The van der Waals surface area contributed by atoms with Crippen molar-refractivity contribution in [1.29, 1.82) is 0 Å². The first-order chi connectivity index (χ1) is 12.5. The molecule has 1 aliphatic heterocycles. The predicted octanol–water partition coefficient (Wildman–Crippen LogP) is 5.02. The van der Waals surface area contributed by atoms with Gasteiger partial charge in [-0.25, -0.2) is 4.98 Å². The van der Waals surface area contributed by atoms with Gasteiger partial charge in [-0.3, -0.25) is 4.90 Å². The van der Waals surface area contributed by atoms with Crippen molar-refractivity contribution in [1.82, 2.24) is 9.88 Å². The number of nitrogens with zero attached hydrogens (tertiary/aromatic N) is 2. The Labute approximate surface area is 158 Å². The lowest BCUT2D eigenvalue weighted by molar-refractivity contribution is 0.256. The van der Waals surface area contributed by atoms with E-state index in [9.17, 15) is 0 Å². The number of oxazole rings is 1. The van der Waals surface area contributed by atoms with E-state index in [1.165, 1.54) is 44.2 Å². The van der Waals surface area contributed by atoms with E-state index in [1.54, 1.807) is 0 Å². The fraction of sp³-hybridized carbons (Fsp3) is 0.591. The average molecular weight is 358 g/mol. The van der Waals surface area contributed by atoms with E-state index in [2.05, 4.69) is 54.1 Å². The van der Waals surface area contributed by atoms with Crippen molar-refractivity contribution in [3.63, 3.8) is 0 Å². The van der Waals surface area contributed by atoms with Gasteiger partial charge in [0, 0.05) is 12.6 Å². The average Bonchev–Trinajstić information content (AvgIpc) is 3.21. The molecule has 1 aromatic carbocycles. The number of unbranched alkanes of at least 4 members (excludes halogenated alkanes) is 1. The minimum atomic E-state index is -0.122. The molecule has 1 fully saturated rings.